The number of fused-ring (bicyclic) bond motifs is 1. The maximum atomic E-state index is 13.2. The number of ether oxygens (including phenoxy) is 2. The number of carbonyl (C=O) groups is 1. The number of benzene rings is 1. The number of hydrogen-bond donors (Lipinski definition) is 1. The number of alkyl halides is 3. The average molecular weight is 430 g/mol. The van der Waals surface area contributed by atoms with E-state index in [0.29, 0.717) is 19.3 Å². The van der Waals surface area contributed by atoms with Crippen LogP contribution in [0, 0.1) is 5.92 Å². The van der Waals surface area contributed by atoms with Crippen molar-refractivity contribution in [1.29, 1.82) is 0 Å². The molecule has 0 radical (unpaired) electrons. The summed E-state index contributed by atoms with van der Waals surface area (Å²) in [6.07, 6.45) is 0.405. The van der Waals surface area contributed by atoms with E-state index in [1.165, 1.54) is 20.0 Å². The summed E-state index contributed by atoms with van der Waals surface area (Å²) in [5.74, 6) is 0.289. The first-order valence-corrected chi connectivity index (χ1v) is 11.0. The van der Waals surface area contributed by atoms with Crippen molar-refractivity contribution >= 4 is 17.7 Å². The Kier molecular flexibility index (Phi) is 5.74. The number of carbonyl (C=O) groups excluding carboxylic acids is 1. The van der Waals surface area contributed by atoms with Crippen LogP contribution >= 0.6 is 11.8 Å². The molecule has 1 aromatic carbocycles. The molecule has 5 nitrogen and oxygen atoms in total. The van der Waals surface area contributed by atoms with Gasteiger partial charge in [0.15, 0.2) is 0 Å². The van der Waals surface area contributed by atoms with E-state index < -0.39 is 17.6 Å². The Morgan fingerprint density at radius 2 is 2.10 bits per heavy atom. The van der Waals surface area contributed by atoms with Crippen LogP contribution in [-0.4, -0.2) is 62.1 Å². The maximum absolute atomic E-state index is 13.2. The van der Waals surface area contributed by atoms with Crippen LogP contribution in [0.25, 0.3) is 0 Å². The molecule has 2 saturated heterocycles. The SMILES string of the molecule is COc1cc(C(F)(F)F)cc(SC)c1C(=O)N[C@@H]1COCCC1N1CCC2CC21. The highest BCUT2D eigenvalue weighted by molar-refractivity contribution is 7.98. The first kappa shape index (κ1) is 20.8. The Morgan fingerprint density at radius 3 is 2.69 bits per heavy atom. The van der Waals surface area contributed by atoms with Gasteiger partial charge in [0.1, 0.15) is 5.75 Å². The molecular weight excluding hydrogens is 405 g/mol. The van der Waals surface area contributed by atoms with Crippen molar-refractivity contribution < 1.29 is 27.4 Å². The number of thioether (sulfide) groups is 1. The number of rotatable bonds is 5. The fourth-order valence-electron chi connectivity index (χ4n) is 4.64. The Hall–Kier alpha value is -1.45. The van der Waals surface area contributed by atoms with Gasteiger partial charge in [-0.3, -0.25) is 9.69 Å². The molecule has 1 aliphatic carbocycles. The zero-order valence-corrected chi connectivity index (χ0v) is 17.2. The molecule has 0 aromatic heterocycles. The van der Waals surface area contributed by atoms with E-state index in [1.807, 2.05) is 0 Å². The fourth-order valence-corrected chi connectivity index (χ4v) is 5.28. The summed E-state index contributed by atoms with van der Waals surface area (Å²) >= 11 is 1.10. The number of nitrogens with one attached hydrogen (secondary N) is 1. The molecule has 4 atom stereocenters. The topological polar surface area (TPSA) is 50.8 Å². The van der Waals surface area contributed by atoms with Crippen LogP contribution in [0.5, 0.6) is 5.75 Å². The predicted octanol–water partition coefficient (Wildman–Crippen LogP) is 3.42. The molecular formula is C20H25F3N2O3S. The van der Waals surface area contributed by atoms with Gasteiger partial charge in [-0.05, 0) is 50.1 Å². The Morgan fingerprint density at radius 1 is 1.31 bits per heavy atom. The number of halogens is 3. The quantitative estimate of drug-likeness (QED) is 0.726. The van der Waals surface area contributed by atoms with Gasteiger partial charge in [0.2, 0.25) is 0 Å². The second kappa shape index (κ2) is 8.00. The number of piperidine rings is 1. The normalized spacial score (nSPS) is 29.4. The summed E-state index contributed by atoms with van der Waals surface area (Å²) in [5, 5.41) is 3.03. The molecule has 3 unspecified atom stereocenters. The highest BCUT2D eigenvalue weighted by Gasteiger charge is 2.50. The number of hydrogen-bond acceptors (Lipinski definition) is 5. The van der Waals surface area contributed by atoms with Gasteiger partial charge in [-0.1, -0.05) is 0 Å². The molecule has 9 heteroatoms. The summed E-state index contributed by atoms with van der Waals surface area (Å²) in [6, 6.07) is 2.51. The Balaban J connectivity index is 1.58. The van der Waals surface area contributed by atoms with Gasteiger partial charge >= 0.3 is 6.18 Å². The molecule has 0 bridgehead atoms. The van der Waals surface area contributed by atoms with E-state index in [1.54, 1.807) is 6.26 Å². The van der Waals surface area contributed by atoms with E-state index in [9.17, 15) is 18.0 Å². The number of methoxy groups -OCH3 is 1. The Bertz CT molecular complexity index is 764. The predicted molar refractivity (Wildman–Crippen MR) is 103 cm³/mol. The van der Waals surface area contributed by atoms with Crippen LogP contribution in [0.3, 0.4) is 0 Å². The van der Waals surface area contributed by atoms with Crippen LogP contribution < -0.4 is 10.1 Å². The lowest BCUT2D eigenvalue weighted by Crippen LogP contribution is -2.56. The number of nitrogens with zero attached hydrogens (tertiary/aromatic N) is 1. The van der Waals surface area contributed by atoms with Crippen LogP contribution in [0.2, 0.25) is 0 Å². The van der Waals surface area contributed by atoms with Crippen LogP contribution in [-0.2, 0) is 10.9 Å². The molecule has 3 fully saturated rings. The minimum atomic E-state index is -4.51. The van der Waals surface area contributed by atoms with E-state index >= 15 is 0 Å². The van der Waals surface area contributed by atoms with Crippen LogP contribution in [0.4, 0.5) is 13.2 Å². The van der Waals surface area contributed by atoms with Gasteiger partial charge in [-0.15, -0.1) is 11.8 Å². The van der Waals surface area contributed by atoms with Crippen molar-refractivity contribution in [3.63, 3.8) is 0 Å². The van der Waals surface area contributed by atoms with Gasteiger partial charge < -0.3 is 14.8 Å². The molecule has 160 valence electrons. The zero-order chi connectivity index (χ0) is 20.8. The van der Waals surface area contributed by atoms with Gasteiger partial charge in [0.25, 0.3) is 5.91 Å². The molecule has 3 aliphatic rings. The number of likely N-dealkylation sites (tertiary alicyclic amines) is 1. The lowest BCUT2D eigenvalue weighted by Gasteiger charge is -2.39. The summed E-state index contributed by atoms with van der Waals surface area (Å²) in [4.78, 5) is 15.9. The molecule has 4 rings (SSSR count). The van der Waals surface area contributed by atoms with Crippen molar-refractivity contribution in [3.05, 3.63) is 23.3 Å². The van der Waals surface area contributed by atoms with Crippen LogP contribution in [0.1, 0.15) is 35.2 Å². The maximum Gasteiger partial charge on any atom is 0.416 e. The van der Waals surface area contributed by atoms with E-state index in [0.717, 1.165) is 42.8 Å². The van der Waals surface area contributed by atoms with Gasteiger partial charge in [0, 0.05) is 23.6 Å². The first-order valence-electron chi connectivity index (χ1n) is 9.81. The van der Waals surface area contributed by atoms with Crippen molar-refractivity contribution in [2.75, 3.05) is 33.1 Å². The first-order chi connectivity index (χ1) is 13.8. The molecule has 1 aromatic rings. The monoisotopic (exact) mass is 430 g/mol. The van der Waals surface area contributed by atoms with Crippen molar-refractivity contribution in [2.24, 2.45) is 5.92 Å². The van der Waals surface area contributed by atoms with E-state index in [2.05, 4.69) is 10.2 Å². The smallest absolute Gasteiger partial charge is 0.416 e. The summed E-state index contributed by atoms with van der Waals surface area (Å²) < 4.78 is 50.4. The summed E-state index contributed by atoms with van der Waals surface area (Å²) in [6.45, 7) is 2.10. The second-order valence-corrected chi connectivity index (χ2v) is 8.70. The third kappa shape index (κ3) is 4.09. The largest absolute Gasteiger partial charge is 0.496 e. The highest BCUT2D eigenvalue weighted by Crippen LogP contribution is 2.46. The van der Waals surface area contributed by atoms with Crippen LogP contribution in [0.15, 0.2) is 17.0 Å². The summed E-state index contributed by atoms with van der Waals surface area (Å²) in [5.41, 5.74) is -0.686. The van der Waals surface area contributed by atoms with Gasteiger partial charge in [-0.2, -0.15) is 13.2 Å². The third-order valence-electron chi connectivity index (χ3n) is 6.19. The summed E-state index contributed by atoms with van der Waals surface area (Å²) in [7, 11) is 1.28. The molecule has 1 N–H and O–H groups in total. The lowest BCUT2D eigenvalue weighted by molar-refractivity contribution is -0.137. The standard InChI is InChI=1S/C20H25F3N2O3S/c1-27-16-8-12(20(21,22)23)9-17(29-2)18(16)19(26)24-13-10-28-6-4-14(13)25-5-3-11-7-15(11)25/h8-9,11,13-15H,3-7,10H2,1-2H3,(H,24,26)/t11?,13-,14?,15?/m1/s1. The second-order valence-electron chi connectivity index (χ2n) is 7.85. The van der Waals surface area contributed by atoms with Gasteiger partial charge in [0.05, 0.1) is 30.9 Å². The van der Waals surface area contributed by atoms with Crippen molar-refractivity contribution in [2.45, 2.75) is 48.5 Å². The minimum absolute atomic E-state index is 0.0709. The van der Waals surface area contributed by atoms with E-state index in [4.69, 9.17) is 9.47 Å². The number of amides is 1. The highest BCUT2D eigenvalue weighted by atomic mass is 32.2. The molecule has 29 heavy (non-hydrogen) atoms. The van der Waals surface area contributed by atoms with Crippen molar-refractivity contribution in [1.82, 2.24) is 10.2 Å². The zero-order valence-electron chi connectivity index (χ0n) is 16.4. The third-order valence-corrected chi connectivity index (χ3v) is 6.95. The minimum Gasteiger partial charge on any atom is -0.496 e. The Labute approximate surface area is 172 Å². The van der Waals surface area contributed by atoms with Crippen molar-refractivity contribution in [3.8, 4) is 5.75 Å². The average Bonchev–Trinajstić information content (AvgIpc) is 3.36. The molecule has 2 aliphatic heterocycles. The molecule has 2 heterocycles. The molecule has 1 amide bonds. The molecule has 0 spiro atoms. The fraction of sp³-hybridized carbons (Fsp3) is 0.650. The van der Waals surface area contributed by atoms with E-state index in [-0.39, 0.29) is 28.3 Å². The lowest BCUT2D eigenvalue weighted by atomic mass is 10.0. The molecule has 1 saturated carbocycles. The van der Waals surface area contributed by atoms with Gasteiger partial charge in [-0.25, -0.2) is 0 Å².